The van der Waals surface area contributed by atoms with E-state index >= 15 is 0 Å². The Morgan fingerprint density at radius 2 is 1.52 bits per heavy atom. The molecular weight excluding hydrogens is 915 g/mol. The zero-order valence-corrected chi connectivity index (χ0v) is 36.5. The van der Waals surface area contributed by atoms with Gasteiger partial charge in [0.1, 0.15) is 39.1 Å². The van der Waals surface area contributed by atoms with Crippen LogP contribution in [0.3, 0.4) is 0 Å². The van der Waals surface area contributed by atoms with E-state index in [-0.39, 0.29) is 40.2 Å². The summed E-state index contributed by atoms with van der Waals surface area (Å²) in [6.45, 7) is 0.0131. The normalized spacial score (nSPS) is 15.6. The minimum Gasteiger partial charge on any atom is -0.547 e. The van der Waals surface area contributed by atoms with Crippen molar-refractivity contribution < 1.29 is 54.5 Å². The first-order valence-electron chi connectivity index (χ1n) is 15.4. The lowest BCUT2D eigenvalue weighted by molar-refractivity contribution is -0.304. The third-order valence-corrected chi connectivity index (χ3v) is 12.3. The summed E-state index contributed by atoms with van der Waals surface area (Å²) >= 11 is 25.8. The van der Waals surface area contributed by atoms with Crippen LogP contribution in [0.5, 0.6) is 5.75 Å². The second-order valence-electron chi connectivity index (χ2n) is 10.7. The number of hydrogen-bond acceptors (Lipinski definition) is 14. The second kappa shape index (κ2) is 24.8. The van der Waals surface area contributed by atoms with Gasteiger partial charge < -0.3 is 34.6 Å². The van der Waals surface area contributed by atoms with Crippen LogP contribution in [0.2, 0.25) is 0 Å². The number of amidine groups is 2. The van der Waals surface area contributed by atoms with Crippen molar-refractivity contribution in [3.63, 3.8) is 0 Å². The smallest absolute Gasteiger partial charge is 0.356 e. The van der Waals surface area contributed by atoms with E-state index in [2.05, 4.69) is 5.32 Å². The zero-order valence-electron chi connectivity index (χ0n) is 29.4. The standard InChI is InChI=1S/C28H32N6O5S5.2C2H2Cl2O2/c1-38-18-6-3-15(4-7-18)10-39-26(37)23-20(13-41-25-22(24(36)34(23)25)33-21(35)14-40-2)44-19-8-5-16(11-42-27(29)30)9-17(19)12-43-28(31)32;2*3-1(4)2(5)6/h3-9,22,25H,10-14H2,1-2H3,(H3,29,30)(H3,31,32)(H,33,35);2*1H,(H,5,6)/t22-,25-;;/m1../s1. The molecule has 0 saturated carbocycles. The molecule has 0 aromatic heterocycles. The number of nitrogens with one attached hydrogen (secondary N) is 1. The van der Waals surface area contributed by atoms with Gasteiger partial charge in [-0.25, -0.2) is 4.79 Å². The molecule has 2 atom stereocenters. The molecule has 1 saturated heterocycles. The van der Waals surface area contributed by atoms with Gasteiger partial charge in [-0.15, -0.1) is 11.8 Å². The molecule has 2 amide bonds. The Morgan fingerprint density at radius 3 is 2.04 bits per heavy atom. The molecule has 2 aromatic carbocycles. The fraction of sp³-hybridized carbons (Fsp3) is 0.344. The average Bonchev–Trinajstić information content (AvgIpc) is 3.15. The van der Waals surface area contributed by atoms with Crippen molar-refractivity contribution >= 4 is 145 Å². The summed E-state index contributed by atoms with van der Waals surface area (Å²) < 4.78 is 10.9. The van der Waals surface area contributed by atoms with Gasteiger partial charge in [-0.05, 0) is 64.7 Å². The van der Waals surface area contributed by atoms with Crippen molar-refractivity contribution in [3.05, 3.63) is 69.8 Å². The SMILES string of the molecule is COc1ccc(COC(=O)C2=C(Sc3ccc(CSC(N)=[NH2+])cc3CSC(N)=[NH2+])CS[C@@H]3[C@H](NC(=O)CSC)C(=O)N23)cc1.O=C([O-])C(Cl)Cl.O=C([O-])C(Cl)Cl. The number of carbonyl (C=O) groups is 5. The number of rotatable bonds is 15. The predicted molar refractivity (Wildman–Crippen MR) is 221 cm³/mol. The molecule has 0 spiro atoms. The molecule has 1 fully saturated rings. The second-order valence-corrected chi connectivity index (χ2v) is 18.1. The van der Waals surface area contributed by atoms with E-state index in [1.165, 1.54) is 63.7 Å². The number of carboxylic acid groups (broad SMARTS) is 2. The van der Waals surface area contributed by atoms with Gasteiger partial charge in [-0.1, -0.05) is 82.4 Å². The van der Waals surface area contributed by atoms with E-state index in [1.807, 2.05) is 36.6 Å². The zero-order chi connectivity index (χ0) is 42.1. The predicted octanol–water partition coefficient (Wildman–Crippen LogP) is -0.801. The van der Waals surface area contributed by atoms with Crippen LogP contribution in [0.25, 0.3) is 0 Å². The number of nitrogens with two attached hydrogens (primary N) is 4. The van der Waals surface area contributed by atoms with Gasteiger partial charge in [-0.3, -0.25) is 36.8 Å². The fourth-order valence-electron chi connectivity index (χ4n) is 4.34. The maximum atomic E-state index is 13.7. The Bertz CT molecular complexity index is 1780. The highest BCUT2D eigenvalue weighted by molar-refractivity contribution is 8.13. The van der Waals surface area contributed by atoms with Crippen molar-refractivity contribution in [3.8, 4) is 5.75 Å². The first-order chi connectivity index (χ1) is 26.4. The third kappa shape index (κ3) is 16.2. The number of hydrogen-bond donors (Lipinski definition) is 5. The summed E-state index contributed by atoms with van der Waals surface area (Å²) in [5.41, 5.74) is 14.3. The highest BCUT2D eigenvalue weighted by atomic mass is 35.5. The Labute approximate surface area is 363 Å². The largest absolute Gasteiger partial charge is 0.547 e. The van der Waals surface area contributed by atoms with Crippen LogP contribution in [0.1, 0.15) is 16.7 Å². The summed E-state index contributed by atoms with van der Waals surface area (Å²) in [6, 6.07) is 12.4. The summed E-state index contributed by atoms with van der Waals surface area (Å²) in [7, 11) is 1.58. The number of aliphatic carboxylic acids is 2. The van der Waals surface area contributed by atoms with Gasteiger partial charge in [0.2, 0.25) is 5.91 Å². The number of halogens is 4. The van der Waals surface area contributed by atoms with E-state index < -0.39 is 39.0 Å². The van der Waals surface area contributed by atoms with Crippen LogP contribution < -0.4 is 42.6 Å². The molecular formula is C32H36Cl4N6O9S5. The van der Waals surface area contributed by atoms with E-state index in [1.54, 1.807) is 19.2 Å². The summed E-state index contributed by atoms with van der Waals surface area (Å²) in [6.07, 6.45) is 1.82. The number of ether oxygens (including phenoxy) is 2. The Kier molecular flexibility index (Phi) is 21.9. The third-order valence-electron chi connectivity index (χ3n) is 6.76. The number of nitrogens with zero attached hydrogens (tertiary/aromatic N) is 1. The first kappa shape index (κ1) is 49.3. The minimum atomic E-state index is -1.46. The quantitative estimate of drug-likeness (QED) is 0.0481. The fourth-order valence-corrected chi connectivity index (χ4v) is 8.43. The molecule has 0 unspecified atom stereocenters. The lowest BCUT2D eigenvalue weighted by atomic mass is 10.1. The van der Waals surface area contributed by atoms with Crippen LogP contribution in [-0.2, 0) is 46.8 Å². The highest BCUT2D eigenvalue weighted by Gasteiger charge is 2.54. The molecule has 9 N–H and O–H groups in total. The van der Waals surface area contributed by atoms with Gasteiger partial charge in [0.25, 0.3) is 16.2 Å². The molecule has 0 aliphatic carbocycles. The number of carboxylic acids is 2. The Hall–Kier alpha value is -2.82. The molecule has 15 nitrogen and oxygen atoms in total. The number of alkyl halides is 4. The summed E-state index contributed by atoms with van der Waals surface area (Å²) in [5.74, 6) is -1.67. The van der Waals surface area contributed by atoms with Gasteiger partial charge in [-0.2, -0.15) is 11.8 Å². The van der Waals surface area contributed by atoms with E-state index in [0.717, 1.165) is 21.6 Å². The van der Waals surface area contributed by atoms with Crippen molar-refractivity contribution in [1.82, 2.24) is 10.2 Å². The van der Waals surface area contributed by atoms with Crippen LogP contribution in [0, 0.1) is 0 Å². The Morgan fingerprint density at radius 1 is 0.964 bits per heavy atom. The summed E-state index contributed by atoms with van der Waals surface area (Å²) in [4.78, 5) is 58.2. The average molecular weight is 951 g/mol. The molecule has 56 heavy (non-hydrogen) atoms. The van der Waals surface area contributed by atoms with Crippen molar-refractivity contribution in [1.29, 1.82) is 0 Å². The van der Waals surface area contributed by atoms with Crippen molar-refractivity contribution in [2.45, 2.75) is 44.1 Å². The molecule has 2 aromatic rings. The lowest BCUT2D eigenvalue weighted by Crippen LogP contribution is -2.70. The Balaban J connectivity index is 0.000000782. The number of carbonyl (C=O) groups excluding carboxylic acids is 5. The monoisotopic (exact) mass is 948 g/mol. The number of fused-ring (bicyclic) bond motifs is 1. The van der Waals surface area contributed by atoms with Crippen LogP contribution in [0.4, 0.5) is 0 Å². The molecule has 306 valence electrons. The van der Waals surface area contributed by atoms with Gasteiger partial charge in [0, 0.05) is 27.1 Å². The number of benzene rings is 2. The van der Waals surface area contributed by atoms with Crippen LogP contribution in [0.15, 0.2) is 58.0 Å². The van der Waals surface area contributed by atoms with Gasteiger partial charge in [0.05, 0.1) is 24.8 Å². The number of amides is 2. The minimum absolute atomic E-state index is 0.0131. The highest BCUT2D eigenvalue weighted by Crippen LogP contribution is 2.46. The number of thioether (sulfide) groups is 5. The van der Waals surface area contributed by atoms with Gasteiger partial charge >= 0.3 is 5.97 Å². The molecule has 2 heterocycles. The number of esters is 1. The van der Waals surface area contributed by atoms with Crippen molar-refractivity contribution in [2.24, 2.45) is 11.5 Å². The van der Waals surface area contributed by atoms with E-state index in [9.17, 15) is 34.2 Å². The molecule has 24 heteroatoms. The van der Waals surface area contributed by atoms with Crippen LogP contribution in [-0.4, -0.2) is 90.9 Å². The maximum Gasteiger partial charge on any atom is 0.356 e. The van der Waals surface area contributed by atoms with Gasteiger partial charge in [0.15, 0.2) is 0 Å². The lowest BCUT2D eigenvalue weighted by Gasteiger charge is -2.49. The van der Waals surface area contributed by atoms with Crippen LogP contribution >= 0.6 is 105 Å². The van der Waals surface area contributed by atoms with E-state index in [0.29, 0.717) is 27.9 Å². The first-order valence-corrected chi connectivity index (χ1v) is 22.4. The number of β-lactam (4-membered cyclic amide) rings is 1. The molecule has 0 radical (unpaired) electrons. The molecule has 4 rings (SSSR count). The maximum absolute atomic E-state index is 13.7. The molecule has 2 aliphatic rings. The van der Waals surface area contributed by atoms with E-state index in [4.69, 9.17) is 78.2 Å². The topological polar surface area (TPSA) is 268 Å². The summed E-state index contributed by atoms with van der Waals surface area (Å²) in [5, 5.41) is 32.9. The molecule has 2 aliphatic heterocycles. The number of methoxy groups -OCH3 is 1. The molecule has 0 bridgehead atoms. The van der Waals surface area contributed by atoms with Crippen molar-refractivity contribution in [2.75, 3.05) is 24.9 Å².